The second-order valence-corrected chi connectivity index (χ2v) is 7.26. The first kappa shape index (κ1) is 16.9. The molecule has 0 aliphatic carbocycles. The molecule has 0 saturated carbocycles. The summed E-state index contributed by atoms with van der Waals surface area (Å²) in [7, 11) is 0. The van der Waals surface area contributed by atoms with Crippen molar-refractivity contribution in [2.24, 2.45) is 5.92 Å². The highest BCUT2D eigenvalue weighted by Crippen LogP contribution is 2.31. The molecule has 4 heteroatoms. The van der Waals surface area contributed by atoms with Gasteiger partial charge in [-0.25, -0.2) is 0 Å². The summed E-state index contributed by atoms with van der Waals surface area (Å²) >= 11 is 0. The number of benzene rings is 2. The van der Waals surface area contributed by atoms with E-state index in [9.17, 15) is 9.90 Å². The quantitative estimate of drug-likeness (QED) is 0.750. The van der Waals surface area contributed by atoms with Crippen LogP contribution in [0.3, 0.4) is 0 Å². The van der Waals surface area contributed by atoms with Gasteiger partial charge in [0.15, 0.2) is 0 Å². The Hall–Kier alpha value is -2.59. The number of hydrogen-bond acceptors (Lipinski definition) is 2. The van der Waals surface area contributed by atoms with Crippen LogP contribution in [0.1, 0.15) is 40.6 Å². The molecular weight excluding hydrogens is 324 g/mol. The number of aromatic nitrogens is 1. The minimum Gasteiger partial charge on any atom is -0.388 e. The number of aliphatic hydroxyl groups excluding tert-OH is 1. The van der Waals surface area contributed by atoms with E-state index < -0.39 is 6.10 Å². The molecule has 1 aromatic heterocycles. The zero-order chi connectivity index (χ0) is 18.1. The van der Waals surface area contributed by atoms with Crippen LogP contribution < -0.4 is 0 Å². The summed E-state index contributed by atoms with van der Waals surface area (Å²) in [5, 5.41) is 11.7. The van der Waals surface area contributed by atoms with Gasteiger partial charge in [-0.15, -0.1) is 0 Å². The van der Waals surface area contributed by atoms with Gasteiger partial charge in [-0.3, -0.25) is 4.79 Å². The SMILES string of the molecule is Cc1ccc2cc(C(=O)N3CCC(C(O)c4ccccc4)CC3)[nH]c2c1. The minimum absolute atomic E-state index is 0.0477. The Morgan fingerprint density at radius 2 is 1.85 bits per heavy atom. The predicted octanol–water partition coefficient (Wildman–Crippen LogP) is 4.06. The third-order valence-corrected chi connectivity index (χ3v) is 5.42. The van der Waals surface area contributed by atoms with Gasteiger partial charge in [-0.2, -0.15) is 0 Å². The summed E-state index contributed by atoms with van der Waals surface area (Å²) in [6.07, 6.45) is 1.19. The largest absolute Gasteiger partial charge is 0.388 e. The second-order valence-electron chi connectivity index (χ2n) is 7.26. The smallest absolute Gasteiger partial charge is 0.270 e. The molecule has 26 heavy (non-hydrogen) atoms. The van der Waals surface area contributed by atoms with Crippen LogP contribution in [0.4, 0.5) is 0 Å². The van der Waals surface area contributed by atoms with E-state index in [1.165, 1.54) is 5.56 Å². The van der Waals surface area contributed by atoms with Crippen molar-refractivity contribution in [1.29, 1.82) is 0 Å². The van der Waals surface area contributed by atoms with Crippen LogP contribution in [0.25, 0.3) is 10.9 Å². The number of carbonyl (C=O) groups is 1. The van der Waals surface area contributed by atoms with E-state index in [0.29, 0.717) is 18.8 Å². The van der Waals surface area contributed by atoms with Crippen LogP contribution in [0, 0.1) is 12.8 Å². The Labute approximate surface area is 153 Å². The topological polar surface area (TPSA) is 56.3 Å². The summed E-state index contributed by atoms with van der Waals surface area (Å²) in [5.74, 6) is 0.248. The lowest BCUT2D eigenvalue weighted by Crippen LogP contribution is -2.39. The maximum atomic E-state index is 12.8. The Morgan fingerprint density at radius 3 is 2.58 bits per heavy atom. The van der Waals surface area contributed by atoms with Gasteiger partial charge < -0.3 is 15.0 Å². The first-order valence-corrected chi connectivity index (χ1v) is 9.23. The van der Waals surface area contributed by atoms with E-state index in [4.69, 9.17) is 0 Å². The third-order valence-electron chi connectivity index (χ3n) is 5.42. The maximum absolute atomic E-state index is 12.8. The molecule has 1 fully saturated rings. The number of carbonyl (C=O) groups excluding carboxylic acids is 1. The number of aliphatic hydroxyl groups is 1. The van der Waals surface area contributed by atoms with Crippen LogP contribution in [0.15, 0.2) is 54.6 Å². The van der Waals surface area contributed by atoms with Gasteiger partial charge in [0, 0.05) is 24.0 Å². The lowest BCUT2D eigenvalue weighted by molar-refractivity contribution is 0.0459. The van der Waals surface area contributed by atoms with Crippen molar-refractivity contribution in [2.75, 3.05) is 13.1 Å². The number of aromatic amines is 1. The van der Waals surface area contributed by atoms with Gasteiger partial charge in [0.05, 0.1) is 6.10 Å². The Bertz CT molecular complexity index is 908. The molecule has 1 unspecified atom stereocenters. The van der Waals surface area contributed by atoms with Crippen molar-refractivity contribution >= 4 is 16.8 Å². The molecular formula is C22H24N2O2. The van der Waals surface area contributed by atoms with Crippen molar-refractivity contribution in [2.45, 2.75) is 25.9 Å². The van der Waals surface area contributed by atoms with Crippen molar-refractivity contribution in [3.8, 4) is 0 Å². The van der Waals surface area contributed by atoms with Gasteiger partial charge in [0.25, 0.3) is 5.91 Å². The number of likely N-dealkylation sites (tertiary alicyclic amines) is 1. The standard InChI is InChI=1S/C22H24N2O2/c1-15-7-8-18-14-20(23-19(18)13-15)22(26)24-11-9-17(10-12-24)21(25)16-5-3-2-4-6-16/h2-8,13-14,17,21,23,25H,9-12H2,1H3. The maximum Gasteiger partial charge on any atom is 0.270 e. The number of hydrogen-bond donors (Lipinski definition) is 2. The van der Waals surface area contributed by atoms with Crippen molar-refractivity contribution in [3.05, 3.63) is 71.4 Å². The normalized spacial score (nSPS) is 16.8. The molecule has 0 radical (unpaired) electrons. The van der Waals surface area contributed by atoms with Crippen LogP contribution in [-0.4, -0.2) is 34.0 Å². The fourth-order valence-electron chi connectivity index (χ4n) is 3.87. The van der Waals surface area contributed by atoms with Crippen LogP contribution >= 0.6 is 0 Å². The Morgan fingerprint density at radius 1 is 1.12 bits per heavy atom. The molecule has 2 heterocycles. The number of H-pyrrole nitrogens is 1. The number of aryl methyl sites for hydroxylation is 1. The average Bonchev–Trinajstić information content (AvgIpc) is 3.11. The van der Waals surface area contributed by atoms with E-state index in [-0.39, 0.29) is 11.8 Å². The van der Waals surface area contributed by atoms with Gasteiger partial charge in [0.2, 0.25) is 0 Å². The van der Waals surface area contributed by atoms with E-state index in [1.807, 2.05) is 54.3 Å². The first-order chi connectivity index (χ1) is 12.6. The fourth-order valence-corrected chi connectivity index (χ4v) is 3.87. The van der Waals surface area contributed by atoms with E-state index in [2.05, 4.69) is 17.1 Å². The summed E-state index contributed by atoms with van der Waals surface area (Å²) in [6.45, 7) is 3.41. The number of nitrogens with zero attached hydrogens (tertiary/aromatic N) is 1. The molecule has 0 bridgehead atoms. The zero-order valence-corrected chi connectivity index (χ0v) is 15.0. The lowest BCUT2D eigenvalue weighted by atomic mass is 9.87. The highest BCUT2D eigenvalue weighted by atomic mass is 16.3. The number of amides is 1. The van der Waals surface area contributed by atoms with Crippen molar-refractivity contribution in [1.82, 2.24) is 9.88 Å². The van der Waals surface area contributed by atoms with Crippen molar-refractivity contribution < 1.29 is 9.90 Å². The van der Waals surface area contributed by atoms with Gasteiger partial charge in [-0.1, -0.05) is 42.5 Å². The molecule has 2 N–H and O–H groups in total. The summed E-state index contributed by atoms with van der Waals surface area (Å²) in [5.41, 5.74) is 3.78. The number of rotatable bonds is 3. The van der Waals surface area contributed by atoms with Crippen LogP contribution in [0.5, 0.6) is 0 Å². The summed E-state index contributed by atoms with van der Waals surface area (Å²) < 4.78 is 0. The van der Waals surface area contributed by atoms with Gasteiger partial charge in [-0.05, 0) is 48.9 Å². The van der Waals surface area contributed by atoms with E-state index >= 15 is 0 Å². The molecule has 0 spiro atoms. The summed E-state index contributed by atoms with van der Waals surface area (Å²) in [4.78, 5) is 18.0. The zero-order valence-electron chi connectivity index (χ0n) is 15.0. The number of piperidine rings is 1. The summed E-state index contributed by atoms with van der Waals surface area (Å²) in [6, 6.07) is 17.9. The second kappa shape index (κ2) is 6.96. The first-order valence-electron chi connectivity index (χ1n) is 9.23. The fraction of sp³-hybridized carbons (Fsp3) is 0.318. The van der Waals surface area contributed by atoms with Crippen LogP contribution in [-0.2, 0) is 0 Å². The molecule has 3 aromatic rings. The molecule has 2 aromatic carbocycles. The molecule has 134 valence electrons. The number of fused-ring (bicyclic) bond motifs is 1. The third kappa shape index (κ3) is 3.25. The predicted molar refractivity (Wildman–Crippen MR) is 103 cm³/mol. The molecule has 1 saturated heterocycles. The molecule has 1 aliphatic heterocycles. The average molecular weight is 348 g/mol. The molecule has 1 atom stereocenters. The molecule has 4 rings (SSSR count). The van der Waals surface area contributed by atoms with Crippen molar-refractivity contribution in [3.63, 3.8) is 0 Å². The Kier molecular flexibility index (Phi) is 4.51. The molecule has 1 amide bonds. The Balaban J connectivity index is 1.43. The van der Waals surface area contributed by atoms with Crippen LogP contribution in [0.2, 0.25) is 0 Å². The lowest BCUT2D eigenvalue weighted by Gasteiger charge is -2.34. The molecule has 1 aliphatic rings. The monoisotopic (exact) mass is 348 g/mol. The van der Waals surface area contributed by atoms with E-state index in [1.54, 1.807) is 0 Å². The highest BCUT2D eigenvalue weighted by Gasteiger charge is 2.29. The van der Waals surface area contributed by atoms with Gasteiger partial charge in [0.1, 0.15) is 5.69 Å². The highest BCUT2D eigenvalue weighted by molar-refractivity contribution is 5.98. The molecule has 4 nitrogen and oxygen atoms in total. The number of nitrogens with one attached hydrogen (secondary N) is 1. The van der Waals surface area contributed by atoms with Gasteiger partial charge >= 0.3 is 0 Å². The minimum atomic E-state index is -0.454. The van der Waals surface area contributed by atoms with E-state index in [0.717, 1.165) is 29.3 Å².